The first-order chi connectivity index (χ1) is 6.33. The lowest BCUT2D eigenvalue weighted by atomic mass is 10.1. The van der Waals surface area contributed by atoms with Crippen molar-refractivity contribution in [3.05, 3.63) is 41.5 Å². The maximum Gasteiger partial charge on any atom is 0.0433 e. The number of allylic oxidation sites excluding steroid dienone is 1. The van der Waals surface area contributed by atoms with Crippen LogP contribution < -0.4 is 0 Å². The second-order valence-electron chi connectivity index (χ2n) is 3.18. The number of benzene rings is 1. The molecule has 0 unspecified atom stereocenters. The standard InChI is InChI=1S/C12H16O/c1-11-6-8-12(9-7-11)5-3-2-4-10-13/h3,5-9,13H,2,4,10H2,1H3/b5-3+. The number of hydrogen-bond donors (Lipinski definition) is 1. The van der Waals surface area contributed by atoms with Crippen molar-refractivity contribution in [3.63, 3.8) is 0 Å². The Kier molecular flexibility index (Phi) is 4.27. The van der Waals surface area contributed by atoms with Gasteiger partial charge in [0.05, 0.1) is 0 Å². The zero-order valence-electron chi connectivity index (χ0n) is 8.03. The highest BCUT2D eigenvalue weighted by Crippen LogP contribution is 2.05. The molecule has 1 rings (SSSR count). The van der Waals surface area contributed by atoms with Crippen LogP contribution in [-0.2, 0) is 0 Å². The van der Waals surface area contributed by atoms with Gasteiger partial charge in [-0.3, -0.25) is 0 Å². The van der Waals surface area contributed by atoms with Crippen LogP contribution in [0.2, 0.25) is 0 Å². The monoisotopic (exact) mass is 176 g/mol. The highest BCUT2D eigenvalue weighted by Gasteiger charge is 1.85. The molecule has 1 aromatic rings. The average molecular weight is 176 g/mol. The van der Waals surface area contributed by atoms with Gasteiger partial charge in [0.15, 0.2) is 0 Å². The van der Waals surface area contributed by atoms with E-state index in [4.69, 9.17) is 5.11 Å². The summed E-state index contributed by atoms with van der Waals surface area (Å²) in [5.74, 6) is 0. The summed E-state index contributed by atoms with van der Waals surface area (Å²) < 4.78 is 0. The SMILES string of the molecule is Cc1ccc(/C=C/CCCO)cc1. The van der Waals surface area contributed by atoms with Gasteiger partial charge in [0.1, 0.15) is 0 Å². The minimum atomic E-state index is 0.276. The van der Waals surface area contributed by atoms with Crippen molar-refractivity contribution < 1.29 is 5.11 Å². The van der Waals surface area contributed by atoms with Crippen molar-refractivity contribution >= 4 is 6.08 Å². The Morgan fingerprint density at radius 2 is 1.92 bits per heavy atom. The molecular weight excluding hydrogens is 160 g/mol. The molecule has 0 amide bonds. The van der Waals surface area contributed by atoms with Crippen molar-refractivity contribution in [2.24, 2.45) is 0 Å². The van der Waals surface area contributed by atoms with E-state index in [1.54, 1.807) is 0 Å². The maximum atomic E-state index is 8.57. The van der Waals surface area contributed by atoms with Crippen LogP contribution >= 0.6 is 0 Å². The molecule has 0 aliphatic rings. The molecule has 1 nitrogen and oxygen atoms in total. The number of unbranched alkanes of at least 4 members (excludes halogenated alkanes) is 1. The topological polar surface area (TPSA) is 20.2 Å². The molecule has 0 aliphatic heterocycles. The second-order valence-corrected chi connectivity index (χ2v) is 3.18. The normalized spacial score (nSPS) is 10.9. The lowest BCUT2D eigenvalue weighted by Gasteiger charge is -1.94. The van der Waals surface area contributed by atoms with Gasteiger partial charge in [-0.05, 0) is 25.3 Å². The first-order valence-electron chi connectivity index (χ1n) is 4.67. The highest BCUT2D eigenvalue weighted by atomic mass is 16.2. The molecule has 70 valence electrons. The van der Waals surface area contributed by atoms with Crippen LogP contribution in [0, 0.1) is 6.92 Å². The predicted molar refractivity (Wildman–Crippen MR) is 56.5 cm³/mol. The van der Waals surface area contributed by atoms with Crippen LogP contribution in [0.25, 0.3) is 6.08 Å². The van der Waals surface area contributed by atoms with E-state index < -0.39 is 0 Å². The first kappa shape index (κ1) is 10.0. The summed E-state index contributed by atoms with van der Waals surface area (Å²) in [6, 6.07) is 8.41. The third kappa shape index (κ3) is 3.90. The number of rotatable bonds is 4. The van der Waals surface area contributed by atoms with Crippen LogP contribution in [0.4, 0.5) is 0 Å². The smallest absolute Gasteiger partial charge is 0.0433 e. The fourth-order valence-electron chi connectivity index (χ4n) is 1.11. The Morgan fingerprint density at radius 1 is 1.23 bits per heavy atom. The second kappa shape index (κ2) is 5.55. The molecule has 13 heavy (non-hydrogen) atoms. The quantitative estimate of drug-likeness (QED) is 0.699. The van der Waals surface area contributed by atoms with Crippen LogP contribution in [0.3, 0.4) is 0 Å². The summed E-state index contributed by atoms with van der Waals surface area (Å²) in [5, 5.41) is 8.57. The number of aryl methyl sites for hydroxylation is 1. The van der Waals surface area contributed by atoms with Gasteiger partial charge in [-0.1, -0.05) is 42.0 Å². The summed E-state index contributed by atoms with van der Waals surface area (Å²) in [6.45, 7) is 2.36. The zero-order chi connectivity index (χ0) is 9.52. The van der Waals surface area contributed by atoms with E-state index in [9.17, 15) is 0 Å². The molecule has 0 aromatic heterocycles. The fourth-order valence-corrected chi connectivity index (χ4v) is 1.11. The molecule has 1 N–H and O–H groups in total. The summed E-state index contributed by atoms with van der Waals surface area (Å²) in [5.41, 5.74) is 2.51. The summed E-state index contributed by atoms with van der Waals surface area (Å²) in [4.78, 5) is 0. The van der Waals surface area contributed by atoms with E-state index in [0.717, 1.165) is 12.8 Å². The predicted octanol–water partition coefficient (Wildman–Crippen LogP) is 2.78. The Morgan fingerprint density at radius 3 is 2.54 bits per heavy atom. The van der Waals surface area contributed by atoms with Crippen molar-refractivity contribution in [3.8, 4) is 0 Å². The van der Waals surface area contributed by atoms with Crippen molar-refractivity contribution in [1.29, 1.82) is 0 Å². The molecule has 1 heteroatoms. The highest BCUT2D eigenvalue weighted by molar-refractivity contribution is 5.49. The maximum absolute atomic E-state index is 8.57. The van der Waals surface area contributed by atoms with Crippen molar-refractivity contribution in [2.45, 2.75) is 19.8 Å². The van der Waals surface area contributed by atoms with E-state index in [1.807, 2.05) is 0 Å². The molecular formula is C12H16O. The number of hydrogen-bond acceptors (Lipinski definition) is 1. The van der Waals surface area contributed by atoms with Gasteiger partial charge < -0.3 is 5.11 Å². The Balaban J connectivity index is 2.44. The summed E-state index contributed by atoms with van der Waals surface area (Å²) in [7, 11) is 0. The molecule has 0 aliphatic carbocycles. The van der Waals surface area contributed by atoms with Crippen LogP contribution in [0.15, 0.2) is 30.3 Å². The van der Waals surface area contributed by atoms with Crippen molar-refractivity contribution in [2.75, 3.05) is 6.61 Å². The van der Waals surface area contributed by atoms with E-state index in [1.165, 1.54) is 11.1 Å². The van der Waals surface area contributed by atoms with Crippen LogP contribution in [0.1, 0.15) is 24.0 Å². The third-order valence-corrected chi connectivity index (χ3v) is 1.92. The average Bonchev–Trinajstić information content (AvgIpc) is 2.15. The molecule has 0 bridgehead atoms. The summed E-state index contributed by atoms with van der Waals surface area (Å²) in [6.07, 6.45) is 5.99. The van der Waals surface area contributed by atoms with Gasteiger partial charge in [0.25, 0.3) is 0 Å². The van der Waals surface area contributed by atoms with E-state index >= 15 is 0 Å². The van der Waals surface area contributed by atoms with Gasteiger partial charge >= 0.3 is 0 Å². The Bertz CT molecular complexity index is 259. The fraction of sp³-hybridized carbons (Fsp3) is 0.333. The lowest BCUT2D eigenvalue weighted by molar-refractivity contribution is 0.290. The minimum Gasteiger partial charge on any atom is -0.396 e. The first-order valence-corrected chi connectivity index (χ1v) is 4.67. The van der Waals surface area contributed by atoms with Gasteiger partial charge in [0, 0.05) is 6.61 Å². The molecule has 0 saturated carbocycles. The third-order valence-electron chi connectivity index (χ3n) is 1.92. The Labute approximate surface area is 79.7 Å². The zero-order valence-corrected chi connectivity index (χ0v) is 8.03. The van der Waals surface area contributed by atoms with Crippen LogP contribution in [-0.4, -0.2) is 11.7 Å². The van der Waals surface area contributed by atoms with Gasteiger partial charge in [-0.25, -0.2) is 0 Å². The lowest BCUT2D eigenvalue weighted by Crippen LogP contribution is -1.78. The molecule has 0 atom stereocenters. The Hall–Kier alpha value is -1.08. The number of aliphatic hydroxyl groups excluding tert-OH is 1. The summed E-state index contributed by atoms with van der Waals surface area (Å²) >= 11 is 0. The van der Waals surface area contributed by atoms with E-state index in [-0.39, 0.29) is 6.61 Å². The van der Waals surface area contributed by atoms with E-state index in [2.05, 4.69) is 43.3 Å². The van der Waals surface area contributed by atoms with Crippen molar-refractivity contribution in [1.82, 2.24) is 0 Å². The molecule has 0 fully saturated rings. The molecule has 0 spiro atoms. The van der Waals surface area contributed by atoms with Crippen LogP contribution in [0.5, 0.6) is 0 Å². The van der Waals surface area contributed by atoms with Gasteiger partial charge in [-0.2, -0.15) is 0 Å². The number of aliphatic hydroxyl groups is 1. The van der Waals surface area contributed by atoms with E-state index in [0.29, 0.717) is 0 Å². The molecule has 0 heterocycles. The minimum absolute atomic E-state index is 0.276. The van der Waals surface area contributed by atoms with Gasteiger partial charge in [0.2, 0.25) is 0 Å². The largest absolute Gasteiger partial charge is 0.396 e. The molecule has 0 saturated heterocycles. The van der Waals surface area contributed by atoms with Gasteiger partial charge in [-0.15, -0.1) is 0 Å². The molecule has 1 aromatic carbocycles. The molecule has 0 radical (unpaired) electrons.